The fourth-order valence-electron chi connectivity index (χ4n) is 1.43. The van der Waals surface area contributed by atoms with Gasteiger partial charge in [-0.2, -0.15) is 0 Å². The van der Waals surface area contributed by atoms with E-state index < -0.39 is 0 Å². The van der Waals surface area contributed by atoms with E-state index in [0.717, 1.165) is 23.4 Å². The van der Waals surface area contributed by atoms with Crippen LogP contribution in [0.5, 0.6) is 0 Å². The van der Waals surface area contributed by atoms with Gasteiger partial charge in [-0.3, -0.25) is 0 Å². The molecule has 0 amide bonds. The highest BCUT2D eigenvalue weighted by Gasteiger charge is 2.20. The number of alkyl halides is 1. The first kappa shape index (κ1) is 15.1. The minimum absolute atomic E-state index is 0.0577. The summed E-state index contributed by atoms with van der Waals surface area (Å²) in [4.78, 5) is 0. The van der Waals surface area contributed by atoms with E-state index in [1.807, 2.05) is 13.0 Å². The Morgan fingerprint density at radius 3 is 2.27 bits per heavy atom. The van der Waals surface area contributed by atoms with E-state index >= 15 is 0 Å². The Labute approximate surface area is 104 Å². The maximum Gasteiger partial charge on any atom is 0.0576 e. The van der Waals surface area contributed by atoms with E-state index in [2.05, 4.69) is 27.4 Å². The molecule has 0 aliphatic carbocycles. The highest BCUT2D eigenvalue weighted by molar-refractivity contribution is 6.29. The minimum Gasteiger partial charge on any atom is -0.118 e. The van der Waals surface area contributed by atoms with Crippen molar-refractivity contribution in [3.8, 4) is 0 Å². The van der Waals surface area contributed by atoms with Gasteiger partial charge < -0.3 is 0 Å². The number of hydrogen-bond acceptors (Lipinski definition) is 0. The van der Waals surface area contributed by atoms with E-state index in [0.29, 0.717) is 11.8 Å². The van der Waals surface area contributed by atoms with Crippen LogP contribution in [0.3, 0.4) is 0 Å². The molecule has 88 valence electrons. The Morgan fingerprint density at radius 1 is 1.40 bits per heavy atom. The zero-order valence-electron chi connectivity index (χ0n) is 10.2. The molecule has 15 heavy (non-hydrogen) atoms. The standard InChI is InChI=1S/C13H22Cl2/c1-6-12(8-7-10(4)14)13(15)11(5)9(2)3/h7,9,12-13H,5-6,8H2,1-4H3/b10-7+. The molecular formula is C13H22Cl2. The number of hydrogen-bond donors (Lipinski definition) is 0. The van der Waals surface area contributed by atoms with Crippen LogP contribution in [0.15, 0.2) is 23.3 Å². The first-order valence-electron chi connectivity index (χ1n) is 5.55. The molecule has 0 aromatic heterocycles. The van der Waals surface area contributed by atoms with Crippen molar-refractivity contribution in [2.45, 2.75) is 45.9 Å². The van der Waals surface area contributed by atoms with Gasteiger partial charge in [0.05, 0.1) is 5.38 Å². The van der Waals surface area contributed by atoms with Gasteiger partial charge >= 0.3 is 0 Å². The maximum absolute atomic E-state index is 6.40. The molecule has 0 fully saturated rings. The van der Waals surface area contributed by atoms with Crippen LogP contribution >= 0.6 is 23.2 Å². The van der Waals surface area contributed by atoms with Crippen molar-refractivity contribution in [1.29, 1.82) is 0 Å². The highest BCUT2D eigenvalue weighted by Crippen LogP contribution is 2.29. The topological polar surface area (TPSA) is 0 Å². The van der Waals surface area contributed by atoms with E-state index in [-0.39, 0.29) is 5.38 Å². The second kappa shape index (κ2) is 7.35. The largest absolute Gasteiger partial charge is 0.118 e. The summed E-state index contributed by atoms with van der Waals surface area (Å²) in [6.45, 7) is 12.4. The predicted octanol–water partition coefficient (Wildman–Crippen LogP) is 5.36. The molecule has 0 saturated carbocycles. The average Bonchev–Trinajstić information content (AvgIpc) is 2.16. The van der Waals surface area contributed by atoms with Gasteiger partial charge in [-0.15, -0.1) is 11.6 Å². The van der Waals surface area contributed by atoms with Gasteiger partial charge in [0.15, 0.2) is 0 Å². The lowest BCUT2D eigenvalue weighted by atomic mass is 9.89. The number of rotatable bonds is 6. The van der Waals surface area contributed by atoms with Crippen LogP contribution in [-0.4, -0.2) is 5.38 Å². The van der Waals surface area contributed by atoms with Gasteiger partial charge in [-0.25, -0.2) is 0 Å². The molecule has 0 aliphatic heterocycles. The van der Waals surface area contributed by atoms with Crippen molar-refractivity contribution in [1.82, 2.24) is 0 Å². The zero-order chi connectivity index (χ0) is 12.0. The van der Waals surface area contributed by atoms with Crippen LogP contribution in [0.1, 0.15) is 40.5 Å². The molecule has 0 nitrogen and oxygen atoms in total. The monoisotopic (exact) mass is 248 g/mol. The molecule has 2 unspecified atom stereocenters. The van der Waals surface area contributed by atoms with Crippen molar-refractivity contribution in [2.75, 3.05) is 0 Å². The molecule has 0 bridgehead atoms. The van der Waals surface area contributed by atoms with Crippen molar-refractivity contribution in [3.63, 3.8) is 0 Å². The Hall–Kier alpha value is 0.0600. The Bertz CT molecular complexity index is 225. The minimum atomic E-state index is 0.0577. The lowest BCUT2D eigenvalue weighted by Crippen LogP contribution is -2.18. The second-order valence-electron chi connectivity index (χ2n) is 4.33. The zero-order valence-corrected chi connectivity index (χ0v) is 11.7. The number of allylic oxidation sites excluding steroid dienone is 3. The van der Waals surface area contributed by atoms with Gasteiger partial charge in [0, 0.05) is 5.03 Å². The van der Waals surface area contributed by atoms with Crippen molar-refractivity contribution in [3.05, 3.63) is 23.3 Å². The van der Waals surface area contributed by atoms with Gasteiger partial charge in [-0.1, -0.05) is 57.0 Å². The Balaban J connectivity index is 4.40. The Morgan fingerprint density at radius 2 is 1.93 bits per heavy atom. The van der Waals surface area contributed by atoms with Gasteiger partial charge in [0.2, 0.25) is 0 Å². The first-order valence-corrected chi connectivity index (χ1v) is 6.36. The summed E-state index contributed by atoms with van der Waals surface area (Å²) in [7, 11) is 0. The molecule has 2 atom stereocenters. The van der Waals surface area contributed by atoms with Gasteiger partial charge in [0.25, 0.3) is 0 Å². The summed E-state index contributed by atoms with van der Waals surface area (Å²) in [5, 5.41) is 0.898. The maximum atomic E-state index is 6.40. The molecule has 2 heteroatoms. The summed E-state index contributed by atoms with van der Waals surface area (Å²) in [6, 6.07) is 0. The van der Waals surface area contributed by atoms with Crippen LogP contribution in [-0.2, 0) is 0 Å². The summed E-state index contributed by atoms with van der Waals surface area (Å²) < 4.78 is 0. The van der Waals surface area contributed by atoms with Crippen molar-refractivity contribution >= 4 is 23.2 Å². The van der Waals surface area contributed by atoms with Crippen LogP contribution in [0, 0.1) is 11.8 Å². The SMILES string of the molecule is C=C(C(C)C)C(Cl)C(CC)C/C=C(\C)Cl. The third-order valence-corrected chi connectivity index (χ3v) is 3.53. The third-order valence-electron chi connectivity index (χ3n) is 2.74. The third kappa shape index (κ3) is 5.63. The average molecular weight is 249 g/mol. The van der Waals surface area contributed by atoms with E-state index in [4.69, 9.17) is 23.2 Å². The van der Waals surface area contributed by atoms with Crippen LogP contribution in [0.4, 0.5) is 0 Å². The van der Waals surface area contributed by atoms with Gasteiger partial charge in [-0.05, 0) is 25.2 Å². The molecule has 0 aliphatic rings. The van der Waals surface area contributed by atoms with E-state index in [1.165, 1.54) is 0 Å². The van der Waals surface area contributed by atoms with E-state index in [9.17, 15) is 0 Å². The van der Waals surface area contributed by atoms with Gasteiger partial charge in [0.1, 0.15) is 0 Å². The molecule has 0 saturated heterocycles. The van der Waals surface area contributed by atoms with Crippen LogP contribution in [0.25, 0.3) is 0 Å². The second-order valence-corrected chi connectivity index (χ2v) is 5.39. The Kier molecular flexibility index (Phi) is 7.38. The molecule has 0 heterocycles. The lowest BCUT2D eigenvalue weighted by Gasteiger charge is -2.24. The normalized spacial score (nSPS) is 16.6. The molecule has 0 spiro atoms. The molecule has 0 radical (unpaired) electrons. The van der Waals surface area contributed by atoms with Crippen LogP contribution < -0.4 is 0 Å². The molecule has 0 N–H and O–H groups in total. The van der Waals surface area contributed by atoms with Crippen molar-refractivity contribution in [2.24, 2.45) is 11.8 Å². The first-order chi connectivity index (χ1) is 6.90. The van der Waals surface area contributed by atoms with Crippen molar-refractivity contribution < 1.29 is 0 Å². The number of halogens is 2. The van der Waals surface area contributed by atoms with E-state index in [1.54, 1.807) is 0 Å². The fraction of sp³-hybridized carbons (Fsp3) is 0.692. The highest BCUT2D eigenvalue weighted by atomic mass is 35.5. The lowest BCUT2D eigenvalue weighted by molar-refractivity contribution is 0.496. The van der Waals surface area contributed by atoms with Crippen LogP contribution in [0.2, 0.25) is 0 Å². The molecule has 0 rings (SSSR count). The molecule has 0 aromatic carbocycles. The molecule has 0 aromatic rings. The fourth-order valence-corrected chi connectivity index (χ4v) is 2.05. The quantitative estimate of drug-likeness (QED) is 0.438. The summed E-state index contributed by atoms with van der Waals surface area (Å²) in [5.41, 5.74) is 1.13. The smallest absolute Gasteiger partial charge is 0.0576 e. The summed E-state index contributed by atoms with van der Waals surface area (Å²) >= 11 is 12.2. The molecular weight excluding hydrogens is 227 g/mol. The predicted molar refractivity (Wildman–Crippen MR) is 71.6 cm³/mol. The summed E-state index contributed by atoms with van der Waals surface area (Å²) in [6.07, 6.45) is 4.03. The summed E-state index contributed by atoms with van der Waals surface area (Å²) in [5.74, 6) is 0.887.